The van der Waals surface area contributed by atoms with Gasteiger partial charge >= 0.3 is 5.97 Å². The van der Waals surface area contributed by atoms with Crippen LogP contribution in [0, 0.1) is 0 Å². The van der Waals surface area contributed by atoms with Gasteiger partial charge in [0.05, 0.1) is 7.11 Å². The second-order valence-electron chi connectivity index (χ2n) is 2.69. The molecule has 78 valence electrons. The zero-order chi connectivity index (χ0) is 10.8. The fourth-order valence-corrected chi connectivity index (χ4v) is 1.75. The molecule has 0 fully saturated rings. The van der Waals surface area contributed by atoms with Gasteiger partial charge in [0.1, 0.15) is 6.54 Å². The zero-order valence-electron chi connectivity index (χ0n) is 7.80. The van der Waals surface area contributed by atoms with E-state index in [0.717, 1.165) is 6.26 Å². The summed E-state index contributed by atoms with van der Waals surface area (Å²) in [5, 5.41) is -0.136. The molecule has 1 heterocycles. The van der Waals surface area contributed by atoms with E-state index in [-0.39, 0.29) is 11.7 Å². The minimum Gasteiger partial charge on any atom is -0.468 e. The van der Waals surface area contributed by atoms with Gasteiger partial charge in [0, 0.05) is 18.6 Å². The van der Waals surface area contributed by atoms with Crippen molar-refractivity contribution in [1.82, 2.24) is 9.55 Å². The van der Waals surface area contributed by atoms with Crippen LogP contribution in [0.3, 0.4) is 0 Å². The van der Waals surface area contributed by atoms with Crippen molar-refractivity contribution in [3.63, 3.8) is 0 Å². The molecule has 0 aromatic carbocycles. The number of hydrogen-bond donors (Lipinski definition) is 0. The first-order valence-electron chi connectivity index (χ1n) is 3.73. The predicted octanol–water partition coefficient (Wildman–Crippen LogP) is -0.540. The number of nitrogens with zero attached hydrogens (tertiary/aromatic N) is 2. The first kappa shape index (κ1) is 10.7. The lowest BCUT2D eigenvalue weighted by Gasteiger charge is -2.03. The summed E-state index contributed by atoms with van der Waals surface area (Å²) in [5.41, 5.74) is 0. The van der Waals surface area contributed by atoms with Gasteiger partial charge in [-0.25, -0.2) is 13.4 Å². The van der Waals surface area contributed by atoms with E-state index in [4.69, 9.17) is 0 Å². The molecule has 1 aromatic rings. The Bertz CT molecular complexity index is 434. The fourth-order valence-electron chi connectivity index (χ4n) is 0.948. The van der Waals surface area contributed by atoms with Crippen molar-refractivity contribution in [3.05, 3.63) is 12.4 Å². The molecule has 0 radical (unpaired) electrons. The summed E-state index contributed by atoms with van der Waals surface area (Å²) in [4.78, 5) is 14.5. The highest BCUT2D eigenvalue weighted by Gasteiger charge is 2.16. The molecule has 0 saturated carbocycles. The van der Waals surface area contributed by atoms with Crippen molar-refractivity contribution >= 4 is 15.8 Å². The van der Waals surface area contributed by atoms with E-state index >= 15 is 0 Å². The molecule has 7 heteroatoms. The van der Waals surface area contributed by atoms with Gasteiger partial charge in [-0.3, -0.25) is 4.79 Å². The molecule has 0 bridgehead atoms. The van der Waals surface area contributed by atoms with Gasteiger partial charge in [-0.15, -0.1) is 0 Å². The molecule has 0 unspecified atom stereocenters. The summed E-state index contributed by atoms with van der Waals surface area (Å²) >= 11 is 0. The van der Waals surface area contributed by atoms with Crippen molar-refractivity contribution in [2.45, 2.75) is 11.7 Å². The van der Waals surface area contributed by atoms with Crippen molar-refractivity contribution in [2.75, 3.05) is 13.4 Å². The third kappa shape index (κ3) is 2.32. The zero-order valence-corrected chi connectivity index (χ0v) is 8.61. The van der Waals surface area contributed by atoms with Gasteiger partial charge < -0.3 is 9.30 Å². The Balaban J connectivity index is 3.00. The van der Waals surface area contributed by atoms with E-state index in [1.54, 1.807) is 0 Å². The van der Waals surface area contributed by atoms with Crippen LogP contribution in [0.5, 0.6) is 0 Å². The second kappa shape index (κ2) is 3.79. The Kier molecular flexibility index (Phi) is 2.90. The third-order valence-corrected chi connectivity index (χ3v) is 2.54. The van der Waals surface area contributed by atoms with E-state index in [1.807, 2.05) is 0 Å². The molecule has 0 atom stereocenters. The van der Waals surface area contributed by atoms with Gasteiger partial charge in [-0.2, -0.15) is 0 Å². The minimum absolute atomic E-state index is 0.136. The molecule has 0 aliphatic heterocycles. The summed E-state index contributed by atoms with van der Waals surface area (Å²) in [6.45, 7) is -0.154. The van der Waals surface area contributed by atoms with Gasteiger partial charge in [-0.05, 0) is 0 Å². The normalized spacial score (nSPS) is 11.3. The molecule has 0 aliphatic rings. The van der Waals surface area contributed by atoms with E-state index < -0.39 is 15.8 Å². The number of rotatable bonds is 3. The molecular formula is C7H10N2O4S. The molecule has 6 nitrogen and oxygen atoms in total. The molecule has 0 spiro atoms. The summed E-state index contributed by atoms with van der Waals surface area (Å²) in [6.07, 6.45) is 3.76. The standard InChI is InChI=1S/C7H10N2O4S/c1-13-6(10)5-9-4-3-8-7(9)14(2,11)12/h3-4H,5H2,1-2H3. The molecule has 1 rings (SSSR count). The van der Waals surface area contributed by atoms with E-state index in [1.165, 1.54) is 24.1 Å². The highest BCUT2D eigenvalue weighted by atomic mass is 32.2. The highest BCUT2D eigenvalue weighted by molar-refractivity contribution is 7.90. The van der Waals surface area contributed by atoms with E-state index in [9.17, 15) is 13.2 Å². The molecule has 0 saturated heterocycles. The van der Waals surface area contributed by atoms with Crippen LogP contribution in [0.15, 0.2) is 17.6 Å². The van der Waals surface area contributed by atoms with Crippen LogP contribution in [-0.4, -0.2) is 37.3 Å². The molecule has 1 aromatic heterocycles. The number of esters is 1. The average molecular weight is 218 g/mol. The molecule has 0 aliphatic carbocycles. The number of sulfone groups is 1. The van der Waals surface area contributed by atoms with E-state index in [0.29, 0.717) is 0 Å². The summed E-state index contributed by atoms with van der Waals surface area (Å²) < 4.78 is 27.9. The molecule has 0 N–H and O–H groups in total. The van der Waals surface area contributed by atoms with Crippen molar-refractivity contribution in [1.29, 1.82) is 0 Å². The maximum atomic E-state index is 11.1. The lowest BCUT2D eigenvalue weighted by Crippen LogP contribution is -2.15. The SMILES string of the molecule is COC(=O)Cn1ccnc1S(C)(=O)=O. The van der Waals surface area contributed by atoms with E-state index in [2.05, 4.69) is 9.72 Å². The Morgan fingerprint density at radius 3 is 2.79 bits per heavy atom. The van der Waals surface area contributed by atoms with Crippen molar-refractivity contribution in [2.24, 2.45) is 0 Å². The molecule has 0 amide bonds. The predicted molar refractivity (Wildman–Crippen MR) is 47.4 cm³/mol. The number of ether oxygens (including phenoxy) is 1. The number of imidazole rings is 1. The Labute approximate surface area is 81.4 Å². The van der Waals surface area contributed by atoms with Crippen LogP contribution < -0.4 is 0 Å². The fraction of sp³-hybridized carbons (Fsp3) is 0.429. The number of methoxy groups -OCH3 is 1. The topological polar surface area (TPSA) is 78.3 Å². The molecular weight excluding hydrogens is 208 g/mol. The summed E-state index contributed by atoms with van der Waals surface area (Å²) in [6, 6.07) is 0. The van der Waals surface area contributed by atoms with Gasteiger partial charge in [0.25, 0.3) is 0 Å². The van der Waals surface area contributed by atoms with Crippen molar-refractivity contribution in [3.8, 4) is 0 Å². The lowest BCUT2D eigenvalue weighted by atomic mass is 10.6. The van der Waals surface area contributed by atoms with Crippen LogP contribution in [0.4, 0.5) is 0 Å². The summed E-state index contributed by atoms with van der Waals surface area (Å²) in [7, 11) is -2.16. The quantitative estimate of drug-likeness (QED) is 0.637. The Morgan fingerprint density at radius 1 is 1.64 bits per heavy atom. The third-order valence-electron chi connectivity index (χ3n) is 1.54. The number of carbonyl (C=O) groups is 1. The van der Waals surface area contributed by atoms with Crippen LogP contribution in [0.2, 0.25) is 0 Å². The van der Waals surface area contributed by atoms with Crippen LogP contribution in [0.25, 0.3) is 0 Å². The average Bonchev–Trinajstić information content (AvgIpc) is 2.51. The number of carbonyl (C=O) groups excluding carboxylic acids is 1. The van der Waals surface area contributed by atoms with Gasteiger partial charge in [0.15, 0.2) is 0 Å². The number of aromatic nitrogens is 2. The van der Waals surface area contributed by atoms with Crippen molar-refractivity contribution < 1.29 is 17.9 Å². The minimum atomic E-state index is -3.40. The second-order valence-corrected chi connectivity index (χ2v) is 4.60. The maximum Gasteiger partial charge on any atom is 0.325 e. The van der Waals surface area contributed by atoms with Crippen LogP contribution >= 0.6 is 0 Å². The van der Waals surface area contributed by atoms with Gasteiger partial charge in [-0.1, -0.05) is 0 Å². The number of hydrogen-bond acceptors (Lipinski definition) is 5. The Morgan fingerprint density at radius 2 is 2.29 bits per heavy atom. The monoisotopic (exact) mass is 218 g/mol. The first-order chi connectivity index (χ1) is 6.45. The highest BCUT2D eigenvalue weighted by Crippen LogP contribution is 2.05. The molecule has 14 heavy (non-hydrogen) atoms. The van der Waals surface area contributed by atoms with Crippen LogP contribution in [-0.2, 0) is 25.9 Å². The van der Waals surface area contributed by atoms with Gasteiger partial charge in [0.2, 0.25) is 15.0 Å². The maximum absolute atomic E-state index is 11.1. The smallest absolute Gasteiger partial charge is 0.325 e. The van der Waals surface area contributed by atoms with Crippen LogP contribution in [0.1, 0.15) is 0 Å². The largest absolute Gasteiger partial charge is 0.468 e. The lowest BCUT2D eigenvalue weighted by molar-refractivity contribution is -0.141. The Hall–Kier alpha value is -1.37. The summed E-state index contributed by atoms with van der Waals surface area (Å²) in [5.74, 6) is -0.520. The first-order valence-corrected chi connectivity index (χ1v) is 5.62.